The van der Waals surface area contributed by atoms with E-state index >= 15 is 0 Å². The number of carbonyl (C=O) groups is 1. The fourth-order valence-electron chi connectivity index (χ4n) is 2.35. The third kappa shape index (κ3) is 3.92. The van der Waals surface area contributed by atoms with Crippen molar-refractivity contribution >= 4 is 44.9 Å². The maximum Gasteiger partial charge on any atom is 0.228 e. The Balaban J connectivity index is 1.69. The van der Waals surface area contributed by atoms with Gasteiger partial charge in [-0.1, -0.05) is 43.0 Å². The van der Waals surface area contributed by atoms with Crippen LogP contribution in [0.1, 0.15) is 18.1 Å². The zero-order valence-electron chi connectivity index (χ0n) is 13.1. The van der Waals surface area contributed by atoms with Crippen molar-refractivity contribution in [3.63, 3.8) is 0 Å². The number of rotatable bonds is 5. The summed E-state index contributed by atoms with van der Waals surface area (Å²) < 4.78 is 2.14. The van der Waals surface area contributed by atoms with Crippen LogP contribution >= 0.6 is 23.1 Å². The minimum absolute atomic E-state index is 0.00297. The first-order chi connectivity index (χ1) is 11.2. The van der Waals surface area contributed by atoms with E-state index in [2.05, 4.69) is 29.4 Å². The summed E-state index contributed by atoms with van der Waals surface area (Å²) in [6, 6.07) is 14.1. The lowest BCUT2D eigenvalue weighted by Gasteiger charge is -2.06. The molecule has 0 aliphatic heterocycles. The van der Waals surface area contributed by atoms with Crippen LogP contribution in [0.25, 0.3) is 10.2 Å². The fourth-order valence-corrected chi connectivity index (χ4v) is 3.88. The second-order valence-corrected chi connectivity index (χ2v) is 7.35. The molecule has 3 rings (SSSR count). The predicted octanol–water partition coefficient (Wildman–Crippen LogP) is 4.76. The molecule has 1 aromatic heterocycles. The van der Waals surface area contributed by atoms with Gasteiger partial charge in [-0.25, -0.2) is 4.98 Å². The molecular weight excluding hydrogens is 324 g/mol. The number of nitrogens with one attached hydrogen (secondary N) is 1. The van der Waals surface area contributed by atoms with Crippen molar-refractivity contribution < 1.29 is 4.79 Å². The first-order valence-electron chi connectivity index (χ1n) is 7.50. The van der Waals surface area contributed by atoms with Gasteiger partial charge in [0.25, 0.3) is 0 Å². The Kier molecular flexibility index (Phi) is 4.98. The molecule has 0 aliphatic rings. The number of benzene rings is 2. The van der Waals surface area contributed by atoms with Crippen LogP contribution in [-0.4, -0.2) is 17.1 Å². The Morgan fingerprint density at radius 3 is 2.61 bits per heavy atom. The van der Waals surface area contributed by atoms with Gasteiger partial charge in [-0.2, -0.15) is 0 Å². The first kappa shape index (κ1) is 16.0. The number of aromatic nitrogens is 1. The molecule has 0 aliphatic carbocycles. The van der Waals surface area contributed by atoms with E-state index in [0.717, 1.165) is 32.2 Å². The smallest absolute Gasteiger partial charge is 0.228 e. The average molecular weight is 342 g/mol. The van der Waals surface area contributed by atoms with E-state index in [1.165, 1.54) is 5.56 Å². The lowest BCUT2D eigenvalue weighted by Crippen LogP contribution is -2.14. The second-order valence-electron chi connectivity index (χ2n) is 5.26. The van der Waals surface area contributed by atoms with E-state index in [9.17, 15) is 4.79 Å². The third-order valence-electron chi connectivity index (χ3n) is 3.62. The van der Waals surface area contributed by atoms with E-state index in [1.807, 2.05) is 36.6 Å². The van der Waals surface area contributed by atoms with Gasteiger partial charge in [-0.3, -0.25) is 4.79 Å². The van der Waals surface area contributed by atoms with Crippen LogP contribution in [0.2, 0.25) is 0 Å². The second kappa shape index (κ2) is 7.15. The summed E-state index contributed by atoms with van der Waals surface area (Å²) in [4.78, 5) is 16.7. The van der Waals surface area contributed by atoms with Gasteiger partial charge in [0, 0.05) is 5.69 Å². The monoisotopic (exact) mass is 342 g/mol. The van der Waals surface area contributed by atoms with Gasteiger partial charge < -0.3 is 5.32 Å². The fraction of sp³-hybridized carbons (Fsp3) is 0.222. The molecule has 0 atom stereocenters. The molecule has 0 unspecified atom stereocenters. The van der Waals surface area contributed by atoms with E-state index < -0.39 is 0 Å². The summed E-state index contributed by atoms with van der Waals surface area (Å²) in [6.07, 6.45) is 3.42. The highest BCUT2D eigenvalue weighted by Gasteiger charge is 2.07. The molecule has 1 amide bonds. The molecule has 2 aromatic carbocycles. The van der Waals surface area contributed by atoms with Gasteiger partial charge in [-0.05, 0) is 42.0 Å². The minimum Gasteiger partial charge on any atom is -0.326 e. The SMILES string of the molecule is CCc1ccc(CC(=O)Nc2ccc3nc(SC)sc3c2)cc1. The number of hydrogen-bond donors (Lipinski definition) is 1. The normalized spacial score (nSPS) is 10.9. The van der Waals surface area contributed by atoms with Crippen molar-refractivity contribution in [1.82, 2.24) is 4.98 Å². The Hall–Kier alpha value is -1.85. The molecule has 1 heterocycles. The van der Waals surface area contributed by atoms with E-state index in [4.69, 9.17) is 0 Å². The summed E-state index contributed by atoms with van der Waals surface area (Å²) in [5, 5.41) is 2.97. The molecule has 1 N–H and O–H groups in total. The number of aryl methyl sites for hydroxylation is 1. The van der Waals surface area contributed by atoms with Crippen molar-refractivity contribution in [1.29, 1.82) is 0 Å². The molecule has 0 saturated heterocycles. The summed E-state index contributed by atoms with van der Waals surface area (Å²) >= 11 is 3.29. The van der Waals surface area contributed by atoms with E-state index in [-0.39, 0.29) is 5.91 Å². The van der Waals surface area contributed by atoms with Crippen LogP contribution in [-0.2, 0) is 17.6 Å². The minimum atomic E-state index is 0.00297. The van der Waals surface area contributed by atoms with Gasteiger partial charge in [0.05, 0.1) is 16.6 Å². The van der Waals surface area contributed by atoms with Crippen molar-refractivity contribution in [2.45, 2.75) is 24.1 Å². The quantitative estimate of drug-likeness (QED) is 0.680. The number of carbonyl (C=O) groups excluding carboxylic acids is 1. The van der Waals surface area contributed by atoms with Gasteiger partial charge >= 0.3 is 0 Å². The van der Waals surface area contributed by atoms with Gasteiger partial charge in [-0.15, -0.1) is 11.3 Å². The lowest BCUT2D eigenvalue weighted by atomic mass is 10.1. The van der Waals surface area contributed by atoms with Crippen molar-refractivity contribution in [3.05, 3.63) is 53.6 Å². The van der Waals surface area contributed by atoms with Crippen molar-refractivity contribution in [2.75, 3.05) is 11.6 Å². The zero-order chi connectivity index (χ0) is 16.2. The predicted molar refractivity (Wildman–Crippen MR) is 99.6 cm³/mol. The van der Waals surface area contributed by atoms with Gasteiger partial charge in [0.2, 0.25) is 5.91 Å². The Labute approximate surface area is 144 Å². The van der Waals surface area contributed by atoms with Crippen molar-refractivity contribution in [2.24, 2.45) is 0 Å². The molecule has 0 spiro atoms. The van der Waals surface area contributed by atoms with Crippen LogP contribution in [0.5, 0.6) is 0 Å². The van der Waals surface area contributed by atoms with Crippen LogP contribution < -0.4 is 5.32 Å². The summed E-state index contributed by atoms with van der Waals surface area (Å²) in [5.74, 6) is 0.00297. The highest BCUT2D eigenvalue weighted by atomic mass is 32.2. The van der Waals surface area contributed by atoms with Crippen LogP contribution in [0.3, 0.4) is 0 Å². The third-order valence-corrected chi connectivity index (χ3v) is 5.63. The lowest BCUT2D eigenvalue weighted by molar-refractivity contribution is -0.115. The van der Waals surface area contributed by atoms with Gasteiger partial charge in [0.1, 0.15) is 0 Å². The molecule has 0 bridgehead atoms. The number of fused-ring (bicyclic) bond motifs is 1. The largest absolute Gasteiger partial charge is 0.326 e. The highest BCUT2D eigenvalue weighted by molar-refractivity contribution is 8.00. The number of thioether (sulfide) groups is 1. The molecule has 5 heteroatoms. The summed E-state index contributed by atoms with van der Waals surface area (Å²) in [6.45, 7) is 2.12. The zero-order valence-corrected chi connectivity index (χ0v) is 14.8. The van der Waals surface area contributed by atoms with Crippen molar-refractivity contribution in [3.8, 4) is 0 Å². The maximum absolute atomic E-state index is 12.2. The molecule has 3 aromatic rings. The molecule has 118 valence electrons. The molecular formula is C18H18N2OS2. The van der Waals surface area contributed by atoms with E-state index in [1.54, 1.807) is 23.1 Å². The molecule has 3 nitrogen and oxygen atoms in total. The van der Waals surface area contributed by atoms with Crippen LogP contribution in [0.15, 0.2) is 46.8 Å². The Morgan fingerprint density at radius 1 is 1.17 bits per heavy atom. The number of thiazole rings is 1. The number of amides is 1. The molecule has 0 fully saturated rings. The first-order valence-corrected chi connectivity index (χ1v) is 9.54. The Morgan fingerprint density at radius 2 is 1.91 bits per heavy atom. The average Bonchev–Trinajstić information content (AvgIpc) is 2.98. The maximum atomic E-state index is 12.2. The number of nitrogens with zero attached hydrogens (tertiary/aromatic N) is 1. The molecule has 0 saturated carbocycles. The standard InChI is InChI=1S/C18H18N2OS2/c1-3-12-4-6-13(7-5-12)10-17(21)19-14-8-9-15-16(11-14)23-18(20-15)22-2/h4-9,11H,3,10H2,1-2H3,(H,19,21). The molecule has 23 heavy (non-hydrogen) atoms. The topological polar surface area (TPSA) is 42.0 Å². The number of anilines is 1. The highest BCUT2D eigenvalue weighted by Crippen LogP contribution is 2.30. The van der Waals surface area contributed by atoms with Gasteiger partial charge in [0.15, 0.2) is 4.34 Å². The van der Waals surface area contributed by atoms with Crippen LogP contribution in [0.4, 0.5) is 5.69 Å². The van der Waals surface area contributed by atoms with Crippen LogP contribution in [0, 0.1) is 0 Å². The summed E-state index contributed by atoms with van der Waals surface area (Å²) in [5.41, 5.74) is 4.12. The summed E-state index contributed by atoms with van der Waals surface area (Å²) in [7, 11) is 0. The Bertz CT molecular complexity index is 825. The number of hydrogen-bond acceptors (Lipinski definition) is 4. The van der Waals surface area contributed by atoms with E-state index in [0.29, 0.717) is 6.42 Å². The molecule has 0 radical (unpaired) electrons.